The minimum Gasteiger partial charge on any atom is -0.493 e. The van der Waals surface area contributed by atoms with Crippen LogP contribution in [-0.4, -0.2) is 24.0 Å². The molecular weight excluding hydrogens is 374 g/mol. The third-order valence-electron chi connectivity index (χ3n) is 3.19. The molecule has 2 aromatic rings. The third kappa shape index (κ3) is 6.28. The van der Waals surface area contributed by atoms with Crippen LogP contribution in [0.3, 0.4) is 0 Å². The number of nitrogens with one attached hydrogen (secondary N) is 1. The van der Waals surface area contributed by atoms with Gasteiger partial charge in [0.1, 0.15) is 5.75 Å². The number of amides is 1. The lowest BCUT2D eigenvalue weighted by atomic mass is 10.1. The van der Waals surface area contributed by atoms with Crippen molar-refractivity contribution in [3.05, 3.63) is 58.1 Å². The zero-order chi connectivity index (χ0) is 16.7. The molecule has 0 saturated carbocycles. The molecule has 0 atom stereocenters. The minimum absolute atomic E-state index is 0.0196. The maximum atomic E-state index is 12.0. The molecule has 0 aliphatic heterocycles. The van der Waals surface area contributed by atoms with Gasteiger partial charge in [0.05, 0.1) is 12.4 Å². The van der Waals surface area contributed by atoms with Gasteiger partial charge in [0.25, 0.3) is 0 Å². The van der Waals surface area contributed by atoms with Gasteiger partial charge in [-0.2, -0.15) is 0 Å². The van der Waals surface area contributed by atoms with E-state index in [2.05, 4.69) is 21.2 Å². The monoisotopic (exact) mass is 393 g/mol. The molecule has 1 amide bonds. The fraction of sp³-hybridized carbons (Fsp3) is 0.278. The Morgan fingerprint density at radius 2 is 2.04 bits per heavy atom. The maximum absolute atomic E-state index is 12.0. The van der Waals surface area contributed by atoms with Crippen molar-refractivity contribution in [3.63, 3.8) is 0 Å². The first-order valence-corrected chi connectivity index (χ1v) is 9.32. The molecule has 23 heavy (non-hydrogen) atoms. The third-order valence-corrected chi connectivity index (χ3v) is 4.61. The summed E-state index contributed by atoms with van der Waals surface area (Å²) in [4.78, 5) is 12.0. The van der Waals surface area contributed by atoms with Crippen LogP contribution in [0.1, 0.15) is 11.1 Å². The largest absolute Gasteiger partial charge is 0.493 e. The highest BCUT2D eigenvalue weighted by Gasteiger charge is 2.05. The minimum atomic E-state index is 0.0196. The molecule has 2 rings (SSSR count). The number of rotatable bonds is 7. The van der Waals surface area contributed by atoms with Crippen LogP contribution < -0.4 is 10.1 Å². The summed E-state index contributed by atoms with van der Waals surface area (Å²) in [6.45, 7) is 4.59. The molecule has 0 aliphatic rings. The van der Waals surface area contributed by atoms with Gasteiger partial charge in [0.15, 0.2) is 0 Å². The molecule has 0 fully saturated rings. The SMILES string of the molecule is Cc1ccc(C)c(NC(=O)CSCCOc2cccc(Br)c2)c1. The first kappa shape index (κ1) is 17.9. The van der Waals surface area contributed by atoms with E-state index in [1.165, 1.54) is 0 Å². The van der Waals surface area contributed by atoms with Crippen LogP contribution in [0.5, 0.6) is 5.75 Å². The number of thioether (sulfide) groups is 1. The first-order valence-electron chi connectivity index (χ1n) is 7.38. The molecule has 5 heteroatoms. The second kappa shape index (κ2) is 8.99. The molecule has 2 aromatic carbocycles. The summed E-state index contributed by atoms with van der Waals surface area (Å²) < 4.78 is 6.64. The lowest BCUT2D eigenvalue weighted by Crippen LogP contribution is -2.16. The van der Waals surface area contributed by atoms with Gasteiger partial charge in [-0.1, -0.05) is 34.1 Å². The Hall–Kier alpha value is -1.46. The number of hydrogen-bond acceptors (Lipinski definition) is 3. The number of aryl methyl sites for hydroxylation is 2. The molecule has 0 spiro atoms. The van der Waals surface area contributed by atoms with Crippen molar-refractivity contribution < 1.29 is 9.53 Å². The Labute approximate surface area is 149 Å². The predicted molar refractivity (Wildman–Crippen MR) is 102 cm³/mol. The Balaban J connectivity index is 1.68. The summed E-state index contributed by atoms with van der Waals surface area (Å²) in [5.41, 5.74) is 3.11. The molecule has 0 bridgehead atoms. The molecule has 1 N–H and O–H groups in total. The summed E-state index contributed by atoms with van der Waals surface area (Å²) in [6.07, 6.45) is 0. The molecule has 0 heterocycles. The van der Waals surface area contributed by atoms with E-state index in [1.807, 2.05) is 56.3 Å². The van der Waals surface area contributed by atoms with Crippen LogP contribution >= 0.6 is 27.7 Å². The van der Waals surface area contributed by atoms with Gasteiger partial charge in [0.2, 0.25) is 5.91 Å². The molecule has 122 valence electrons. The summed E-state index contributed by atoms with van der Waals surface area (Å²) in [6, 6.07) is 13.8. The molecule has 0 radical (unpaired) electrons. The fourth-order valence-corrected chi connectivity index (χ4v) is 2.98. The highest BCUT2D eigenvalue weighted by Crippen LogP contribution is 2.18. The Kier molecular flexibility index (Phi) is 6.99. The summed E-state index contributed by atoms with van der Waals surface area (Å²) in [5.74, 6) is 2.05. The van der Waals surface area contributed by atoms with E-state index in [-0.39, 0.29) is 5.91 Å². The molecule has 3 nitrogen and oxygen atoms in total. The van der Waals surface area contributed by atoms with E-state index in [9.17, 15) is 4.79 Å². The quantitative estimate of drug-likeness (QED) is 0.685. The highest BCUT2D eigenvalue weighted by molar-refractivity contribution is 9.10. The summed E-state index contributed by atoms with van der Waals surface area (Å²) >= 11 is 4.97. The van der Waals surface area contributed by atoms with Crippen molar-refractivity contribution in [1.82, 2.24) is 0 Å². The standard InChI is InChI=1S/C18H20BrNO2S/c1-13-6-7-14(2)17(10-13)20-18(21)12-23-9-8-22-16-5-3-4-15(19)11-16/h3-7,10-11H,8-9,12H2,1-2H3,(H,20,21). The fourth-order valence-electron chi connectivity index (χ4n) is 2.00. The maximum Gasteiger partial charge on any atom is 0.234 e. The number of carbonyl (C=O) groups is 1. The second-order valence-electron chi connectivity index (χ2n) is 5.22. The van der Waals surface area contributed by atoms with Gasteiger partial charge in [-0.3, -0.25) is 4.79 Å². The van der Waals surface area contributed by atoms with E-state index in [0.29, 0.717) is 12.4 Å². The Bertz CT molecular complexity index is 676. The number of anilines is 1. The lowest BCUT2D eigenvalue weighted by molar-refractivity contribution is -0.113. The summed E-state index contributed by atoms with van der Waals surface area (Å²) in [7, 11) is 0. The first-order chi connectivity index (χ1) is 11.0. The smallest absolute Gasteiger partial charge is 0.234 e. The van der Waals surface area contributed by atoms with Gasteiger partial charge in [0, 0.05) is 15.9 Å². The zero-order valence-corrected chi connectivity index (χ0v) is 15.7. The van der Waals surface area contributed by atoms with Crippen molar-refractivity contribution in [3.8, 4) is 5.75 Å². The van der Waals surface area contributed by atoms with Crippen LogP contribution in [-0.2, 0) is 4.79 Å². The number of halogens is 1. The van der Waals surface area contributed by atoms with Gasteiger partial charge < -0.3 is 10.1 Å². The zero-order valence-electron chi connectivity index (χ0n) is 13.3. The summed E-state index contributed by atoms with van der Waals surface area (Å²) in [5, 5.41) is 2.96. The highest BCUT2D eigenvalue weighted by atomic mass is 79.9. The van der Waals surface area contributed by atoms with Gasteiger partial charge in [-0.15, -0.1) is 11.8 Å². The van der Waals surface area contributed by atoms with Crippen molar-refractivity contribution in [1.29, 1.82) is 0 Å². The number of carbonyl (C=O) groups excluding carboxylic acids is 1. The number of hydrogen-bond donors (Lipinski definition) is 1. The van der Waals surface area contributed by atoms with Crippen LogP contribution in [0, 0.1) is 13.8 Å². The molecule has 0 aromatic heterocycles. The van der Waals surface area contributed by atoms with E-state index < -0.39 is 0 Å². The molecule has 0 aliphatic carbocycles. The van der Waals surface area contributed by atoms with Crippen molar-refractivity contribution >= 4 is 39.3 Å². The van der Waals surface area contributed by atoms with Gasteiger partial charge in [-0.05, 0) is 49.2 Å². The van der Waals surface area contributed by atoms with E-state index in [4.69, 9.17) is 4.74 Å². The predicted octanol–water partition coefficient (Wildman–Crippen LogP) is 4.82. The normalized spacial score (nSPS) is 10.4. The van der Waals surface area contributed by atoms with Crippen molar-refractivity contribution in [2.24, 2.45) is 0 Å². The molecule has 0 saturated heterocycles. The van der Waals surface area contributed by atoms with E-state index >= 15 is 0 Å². The average molecular weight is 394 g/mol. The van der Waals surface area contributed by atoms with Crippen molar-refractivity contribution in [2.45, 2.75) is 13.8 Å². The average Bonchev–Trinajstić information content (AvgIpc) is 2.51. The Morgan fingerprint density at radius 1 is 1.22 bits per heavy atom. The number of benzene rings is 2. The van der Waals surface area contributed by atoms with E-state index in [0.717, 1.165) is 32.8 Å². The van der Waals surface area contributed by atoms with Crippen LogP contribution in [0.15, 0.2) is 46.9 Å². The van der Waals surface area contributed by atoms with Crippen LogP contribution in [0.2, 0.25) is 0 Å². The van der Waals surface area contributed by atoms with E-state index in [1.54, 1.807) is 11.8 Å². The molecular formula is C18H20BrNO2S. The Morgan fingerprint density at radius 3 is 2.83 bits per heavy atom. The topological polar surface area (TPSA) is 38.3 Å². The number of ether oxygens (including phenoxy) is 1. The van der Waals surface area contributed by atoms with Crippen LogP contribution in [0.25, 0.3) is 0 Å². The van der Waals surface area contributed by atoms with Crippen molar-refractivity contribution in [2.75, 3.05) is 23.4 Å². The lowest BCUT2D eigenvalue weighted by Gasteiger charge is -2.09. The van der Waals surface area contributed by atoms with Crippen LogP contribution in [0.4, 0.5) is 5.69 Å². The second-order valence-corrected chi connectivity index (χ2v) is 7.25. The molecule has 0 unspecified atom stereocenters. The van der Waals surface area contributed by atoms with Gasteiger partial charge in [-0.25, -0.2) is 0 Å². The van der Waals surface area contributed by atoms with Gasteiger partial charge >= 0.3 is 0 Å².